The van der Waals surface area contributed by atoms with Gasteiger partial charge in [-0.1, -0.05) is 303 Å². The van der Waals surface area contributed by atoms with Gasteiger partial charge in [-0.25, -0.2) is 0 Å². The van der Waals surface area contributed by atoms with E-state index >= 15 is 0 Å². The van der Waals surface area contributed by atoms with E-state index in [0.717, 1.165) is 57.8 Å². The molecule has 0 saturated heterocycles. The predicted octanol–water partition coefficient (Wildman–Crippen LogP) is 18.3. The Bertz CT molecular complexity index is 928. The lowest BCUT2D eigenvalue weighted by Crippen LogP contribution is -2.45. The molecule has 0 aromatic carbocycles. The van der Waals surface area contributed by atoms with E-state index in [2.05, 4.69) is 19.2 Å². The van der Waals surface area contributed by atoms with Gasteiger partial charge in [0.25, 0.3) is 0 Å². The lowest BCUT2D eigenvalue weighted by Gasteiger charge is -2.22. The number of carbonyl (C=O) groups excluding carboxylic acids is 2. The predicted molar refractivity (Wildman–Crippen MR) is 283 cm³/mol. The summed E-state index contributed by atoms with van der Waals surface area (Å²) in [7, 11) is 0. The van der Waals surface area contributed by atoms with Crippen molar-refractivity contribution in [2.45, 2.75) is 353 Å². The molecule has 0 rings (SSSR count). The zero-order valence-corrected chi connectivity index (χ0v) is 44.3. The van der Waals surface area contributed by atoms with E-state index in [9.17, 15) is 19.8 Å². The molecular formula is C59H117NO5. The van der Waals surface area contributed by atoms with Gasteiger partial charge in [0.1, 0.15) is 0 Å². The molecule has 3 N–H and O–H groups in total. The average molecular weight is 921 g/mol. The molecule has 2 unspecified atom stereocenters. The third-order valence-corrected chi connectivity index (χ3v) is 14.2. The Kier molecular flexibility index (Phi) is 54.5. The molecule has 0 saturated carbocycles. The van der Waals surface area contributed by atoms with Crippen LogP contribution in [0.25, 0.3) is 0 Å². The topological polar surface area (TPSA) is 95.9 Å². The standard InChI is InChI=1S/C59H117NO5/c1-3-5-7-9-11-13-15-17-18-19-20-21-22-23-24-25-26-27-29-31-35-39-43-47-51-57(62)56(55-61)60-58(63)52-48-44-40-36-32-30-34-38-42-46-50-54-65-59(64)53-49-45-41-37-33-28-16-14-12-10-8-6-4-2/h56-57,61-62H,3-55H2,1-2H3,(H,60,63). The SMILES string of the molecule is CCCCCCCCCCCCCCCCCCCCCCCCCCC(O)C(CO)NC(=O)CCCCCCCCCCCCCOC(=O)CCCCCCCCCCCCCCC. The van der Waals surface area contributed by atoms with E-state index in [4.69, 9.17) is 4.74 Å². The van der Waals surface area contributed by atoms with Crippen LogP contribution in [0.3, 0.4) is 0 Å². The van der Waals surface area contributed by atoms with Gasteiger partial charge in [-0.3, -0.25) is 9.59 Å². The molecule has 0 fully saturated rings. The van der Waals surface area contributed by atoms with Crippen LogP contribution in [0.5, 0.6) is 0 Å². The van der Waals surface area contributed by atoms with Gasteiger partial charge in [-0.05, 0) is 25.7 Å². The number of carbonyl (C=O) groups is 2. The van der Waals surface area contributed by atoms with Gasteiger partial charge < -0.3 is 20.3 Å². The molecule has 0 bridgehead atoms. The molecule has 6 nitrogen and oxygen atoms in total. The molecule has 0 aromatic heterocycles. The van der Waals surface area contributed by atoms with E-state index in [1.165, 1.54) is 250 Å². The molecule has 6 heteroatoms. The molecule has 0 heterocycles. The smallest absolute Gasteiger partial charge is 0.305 e. The summed E-state index contributed by atoms with van der Waals surface area (Å²) in [5.74, 6) is -0.0593. The molecule has 0 aromatic rings. The first-order valence-electron chi connectivity index (χ1n) is 29.8. The molecule has 388 valence electrons. The zero-order chi connectivity index (χ0) is 47.2. The van der Waals surface area contributed by atoms with Crippen molar-refractivity contribution in [3.8, 4) is 0 Å². The van der Waals surface area contributed by atoms with Crippen molar-refractivity contribution < 1.29 is 24.5 Å². The quantitative estimate of drug-likeness (QED) is 0.0417. The van der Waals surface area contributed by atoms with E-state index in [-0.39, 0.29) is 18.5 Å². The van der Waals surface area contributed by atoms with Crippen LogP contribution < -0.4 is 5.32 Å². The third-order valence-electron chi connectivity index (χ3n) is 14.2. The lowest BCUT2D eigenvalue weighted by atomic mass is 10.0. The number of esters is 1. The largest absolute Gasteiger partial charge is 0.466 e. The second kappa shape index (κ2) is 55.5. The van der Waals surface area contributed by atoms with Gasteiger partial charge in [0.15, 0.2) is 0 Å². The number of nitrogens with one attached hydrogen (secondary N) is 1. The van der Waals surface area contributed by atoms with Crippen molar-refractivity contribution in [2.75, 3.05) is 13.2 Å². The van der Waals surface area contributed by atoms with Gasteiger partial charge in [-0.2, -0.15) is 0 Å². The second-order valence-corrected chi connectivity index (χ2v) is 20.7. The fourth-order valence-electron chi connectivity index (χ4n) is 9.58. The van der Waals surface area contributed by atoms with Crippen molar-refractivity contribution in [2.24, 2.45) is 0 Å². The Morgan fingerprint density at radius 1 is 0.369 bits per heavy atom. The average Bonchev–Trinajstić information content (AvgIpc) is 3.31. The molecular weight excluding hydrogens is 803 g/mol. The van der Waals surface area contributed by atoms with Crippen LogP contribution in [0.4, 0.5) is 0 Å². The maximum Gasteiger partial charge on any atom is 0.305 e. The van der Waals surface area contributed by atoms with Crippen LogP contribution in [0.15, 0.2) is 0 Å². The monoisotopic (exact) mass is 920 g/mol. The first-order valence-corrected chi connectivity index (χ1v) is 29.8. The summed E-state index contributed by atoms with van der Waals surface area (Å²) in [6.07, 6.45) is 63.8. The van der Waals surface area contributed by atoms with Gasteiger partial charge >= 0.3 is 5.97 Å². The molecule has 0 aliphatic carbocycles. The van der Waals surface area contributed by atoms with Crippen LogP contribution in [-0.2, 0) is 14.3 Å². The molecule has 0 aliphatic rings. The Hall–Kier alpha value is -1.14. The second-order valence-electron chi connectivity index (χ2n) is 20.7. The minimum atomic E-state index is -0.676. The Labute approximate surface area is 406 Å². The molecule has 0 spiro atoms. The summed E-state index contributed by atoms with van der Waals surface area (Å²) < 4.78 is 5.46. The third kappa shape index (κ3) is 52.1. The summed E-state index contributed by atoms with van der Waals surface area (Å²) in [5, 5.41) is 23.4. The highest BCUT2D eigenvalue weighted by Crippen LogP contribution is 2.18. The van der Waals surface area contributed by atoms with E-state index in [1.807, 2.05) is 0 Å². The number of rotatable bonds is 56. The van der Waals surface area contributed by atoms with Crippen LogP contribution in [-0.4, -0.2) is 47.4 Å². The van der Waals surface area contributed by atoms with Crippen LogP contribution in [0, 0.1) is 0 Å². The van der Waals surface area contributed by atoms with Crippen LogP contribution >= 0.6 is 0 Å². The summed E-state index contributed by atoms with van der Waals surface area (Å²) >= 11 is 0. The summed E-state index contributed by atoms with van der Waals surface area (Å²) in [4.78, 5) is 24.5. The zero-order valence-electron chi connectivity index (χ0n) is 44.3. The van der Waals surface area contributed by atoms with Gasteiger partial charge in [0.2, 0.25) is 5.91 Å². The number of hydrogen-bond acceptors (Lipinski definition) is 5. The Balaban J connectivity index is 3.44. The number of aliphatic hydroxyl groups excluding tert-OH is 2. The van der Waals surface area contributed by atoms with Gasteiger partial charge in [0, 0.05) is 12.8 Å². The van der Waals surface area contributed by atoms with Gasteiger partial charge in [0.05, 0.1) is 25.4 Å². The summed E-state index contributed by atoms with van der Waals surface area (Å²) in [5.41, 5.74) is 0. The maximum absolute atomic E-state index is 12.5. The minimum Gasteiger partial charge on any atom is -0.466 e. The number of amides is 1. The van der Waals surface area contributed by atoms with Crippen molar-refractivity contribution in [3.63, 3.8) is 0 Å². The highest BCUT2D eigenvalue weighted by atomic mass is 16.5. The Morgan fingerprint density at radius 3 is 0.938 bits per heavy atom. The van der Waals surface area contributed by atoms with Crippen molar-refractivity contribution in [3.05, 3.63) is 0 Å². The normalized spacial score (nSPS) is 12.5. The number of unbranched alkanes of at least 4 members (excludes halogenated alkanes) is 45. The Morgan fingerprint density at radius 2 is 0.631 bits per heavy atom. The highest BCUT2D eigenvalue weighted by Gasteiger charge is 2.20. The maximum atomic E-state index is 12.5. The van der Waals surface area contributed by atoms with Crippen LogP contribution in [0.1, 0.15) is 341 Å². The first-order chi connectivity index (χ1) is 32.0. The highest BCUT2D eigenvalue weighted by molar-refractivity contribution is 5.76. The molecule has 2 atom stereocenters. The van der Waals surface area contributed by atoms with E-state index < -0.39 is 12.1 Å². The number of ether oxygens (including phenoxy) is 1. The first kappa shape index (κ1) is 63.9. The lowest BCUT2D eigenvalue weighted by molar-refractivity contribution is -0.143. The fourth-order valence-corrected chi connectivity index (χ4v) is 9.58. The minimum absolute atomic E-state index is 0.0104. The van der Waals surface area contributed by atoms with Crippen LogP contribution in [0.2, 0.25) is 0 Å². The molecule has 0 aliphatic heterocycles. The molecule has 1 amide bonds. The van der Waals surface area contributed by atoms with Crippen molar-refractivity contribution in [1.82, 2.24) is 5.32 Å². The van der Waals surface area contributed by atoms with Crippen molar-refractivity contribution in [1.29, 1.82) is 0 Å². The number of aliphatic hydroxyl groups is 2. The van der Waals surface area contributed by atoms with E-state index in [1.54, 1.807) is 0 Å². The van der Waals surface area contributed by atoms with Gasteiger partial charge in [-0.15, -0.1) is 0 Å². The number of hydrogen-bond donors (Lipinski definition) is 3. The fraction of sp³-hybridized carbons (Fsp3) is 0.966. The molecule has 65 heavy (non-hydrogen) atoms. The molecule has 0 radical (unpaired) electrons. The summed E-state index contributed by atoms with van der Waals surface area (Å²) in [6.45, 7) is 4.94. The van der Waals surface area contributed by atoms with E-state index in [0.29, 0.717) is 25.9 Å². The summed E-state index contributed by atoms with van der Waals surface area (Å²) in [6, 6.07) is -0.555. The van der Waals surface area contributed by atoms with Crippen molar-refractivity contribution >= 4 is 11.9 Å².